The van der Waals surface area contributed by atoms with Gasteiger partial charge in [0.2, 0.25) is 18.0 Å². The van der Waals surface area contributed by atoms with Gasteiger partial charge in [0, 0.05) is 40.8 Å². The van der Waals surface area contributed by atoms with E-state index in [1.54, 1.807) is 49.4 Å². The predicted molar refractivity (Wildman–Crippen MR) is 140 cm³/mol. The molecule has 3 atom stereocenters. The van der Waals surface area contributed by atoms with Gasteiger partial charge in [-0.3, -0.25) is 14.4 Å². The fraction of sp³-hybridized carbons (Fsp3) is 0.407. The lowest BCUT2D eigenvalue weighted by Gasteiger charge is -2.26. The number of aryl methyl sites for hydroxylation is 1. The lowest BCUT2D eigenvalue weighted by molar-refractivity contribution is -0.147. The van der Waals surface area contributed by atoms with Crippen molar-refractivity contribution in [3.63, 3.8) is 0 Å². The molecule has 2 aromatic carbocycles. The van der Waals surface area contributed by atoms with Crippen molar-refractivity contribution in [3.05, 3.63) is 64.2 Å². The molecule has 0 bridgehead atoms. The Morgan fingerprint density at radius 2 is 1.68 bits per heavy atom. The fourth-order valence-electron chi connectivity index (χ4n) is 4.58. The summed E-state index contributed by atoms with van der Waals surface area (Å²) in [4.78, 5) is 43.1. The van der Waals surface area contributed by atoms with Gasteiger partial charge in [-0.15, -0.1) is 0 Å². The number of primary amides is 1. The maximum atomic E-state index is 13.4. The number of halogens is 7. The molecule has 41 heavy (non-hydrogen) atoms. The number of nitrogens with one attached hydrogen (secondary N) is 2. The van der Waals surface area contributed by atoms with E-state index >= 15 is 0 Å². The molecule has 222 valence electrons. The van der Waals surface area contributed by atoms with Crippen molar-refractivity contribution in [1.29, 1.82) is 0 Å². The standard InChI is InChI=1S/C27H27ClF6N4O3/c1-14-5-2-8-19-20(14)37-25(41)23(36-21(19)15-6-3-7-16(28)13-15)38-24(40)18(10-12-27(32,33)34)17(22(35)39)9-4-11-26(29,30)31/h2-3,5-8,13,17-18,23H,4,9-12H2,1H3,(H2,35,39)(H,37,41)(H,38,40)/t17?,18?,23-/m1/s1. The molecule has 14 heteroatoms. The van der Waals surface area contributed by atoms with Crippen molar-refractivity contribution in [3.8, 4) is 0 Å². The summed E-state index contributed by atoms with van der Waals surface area (Å²) in [6.07, 6.45) is -16.0. The SMILES string of the molecule is Cc1cccc2c1NC(=O)[C@@H](NC(=O)C(CCC(F)(F)F)C(CCCC(F)(F)F)C(N)=O)N=C2c1cccc(Cl)c1. The molecule has 7 nitrogen and oxygen atoms in total. The molecule has 1 heterocycles. The van der Waals surface area contributed by atoms with Gasteiger partial charge in [0.1, 0.15) is 0 Å². The van der Waals surface area contributed by atoms with Crippen LogP contribution in [0.2, 0.25) is 5.02 Å². The van der Waals surface area contributed by atoms with E-state index < -0.39 is 80.2 Å². The molecule has 3 rings (SSSR count). The topological polar surface area (TPSA) is 114 Å². The Kier molecular flexibility index (Phi) is 10.1. The number of rotatable bonds is 10. The van der Waals surface area contributed by atoms with Crippen LogP contribution < -0.4 is 16.4 Å². The number of para-hydroxylation sites is 1. The first-order valence-electron chi connectivity index (χ1n) is 12.5. The Balaban J connectivity index is 1.99. The summed E-state index contributed by atoms with van der Waals surface area (Å²) in [6.45, 7) is 1.72. The lowest BCUT2D eigenvalue weighted by Crippen LogP contribution is -2.48. The van der Waals surface area contributed by atoms with Crippen LogP contribution in [0.25, 0.3) is 0 Å². The highest BCUT2D eigenvalue weighted by Gasteiger charge is 2.39. The van der Waals surface area contributed by atoms with Crippen molar-refractivity contribution in [2.75, 3.05) is 5.32 Å². The Hall–Kier alpha value is -3.61. The lowest BCUT2D eigenvalue weighted by atomic mass is 9.83. The minimum Gasteiger partial charge on any atom is -0.369 e. The number of nitrogens with zero attached hydrogens (tertiary/aromatic N) is 1. The van der Waals surface area contributed by atoms with Crippen molar-refractivity contribution in [2.24, 2.45) is 22.6 Å². The third kappa shape index (κ3) is 8.94. The third-order valence-electron chi connectivity index (χ3n) is 6.56. The number of amides is 3. The molecule has 2 aromatic rings. The van der Waals surface area contributed by atoms with Crippen LogP contribution in [0.4, 0.5) is 32.0 Å². The molecule has 4 N–H and O–H groups in total. The maximum Gasteiger partial charge on any atom is 0.389 e. The zero-order valence-corrected chi connectivity index (χ0v) is 22.5. The average molecular weight is 605 g/mol. The molecule has 1 aliphatic heterocycles. The number of benzodiazepines with no additional fused rings is 1. The summed E-state index contributed by atoms with van der Waals surface area (Å²) < 4.78 is 77.4. The summed E-state index contributed by atoms with van der Waals surface area (Å²) >= 11 is 6.15. The number of carbonyl (C=O) groups is 3. The van der Waals surface area contributed by atoms with Crippen LogP contribution in [0.15, 0.2) is 47.5 Å². The molecular formula is C27H27ClF6N4O3. The van der Waals surface area contributed by atoms with Gasteiger partial charge in [0.25, 0.3) is 5.91 Å². The molecule has 0 aliphatic carbocycles. The van der Waals surface area contributed by atoms with Crippen LogP contribution in [0.3, 0.4) is 0 Å². The molecule has 0 spiro atoms. The number of aliphatic imine (C=N–C) groups is 1. The number of hydrogen-bond acceptors (Lipinski definition) is 4. The Morgan fingerprint density at radius 3 is 2.29 bits per heavy atom. The number of alkyl halides is 6. The van der Waals surface area contributed by atoms with E-state index in [0.29, 0.717) is 27.4 Å². The molecule has 1 aliphatic rings. The number of anilines is 1. The summed E-state index contributed by atoms with van der Waals surface area (Å²) in [7, 11) is 0. The highest BCUT2D eigenvalue weighted by molar-refractivity contribution is 6.31. The summed E-state index contributed by atoms with van der Waals surface area (Å²) in [6, 6.07) is 11.6. The zero-order valence-electron chi connectivity index (χ0n) is 21.7. The van der Waals surface area contributed by atoms with Gasteiger partial charge in [-0.2, -0.15) is 26.3 Å². The van der Waals surface area contributed by atoms with Crippen LogP contribution in [0.5, 0.6) is 0 Å². The average Bonchev–Trinajstić information content (AvgIpc) is 2.99. The third-order valence-corrected chi connectivity index (χ3v) is 6.80. The van der Waals surface area contributed by atoms with Gasteiger partial charge in [0.05, 0.1) is 11.4 Å². The summed E-state index contributed by atoms with van der Waals surface area (Å²) in [5.74, 6) is -6.65. The number of hydrogen-bond donors (Lipinski definition) is 3. The Morgan fingerprint density at radius 1 is 1.02 bits per heavy atom. The van der Waals surface area contributed by atoms with Gasteiger partial charge >= 0.3 is 12.4 Å². The van der Waals surface area contributed by atoms with Crippen LogP contribution in [0.1, 0.15) is 48.8 Å². The number of carbonyl (C=O) groups excluding carboxylic acids is 3. The van der Waals surface area contributed by atoms with Crippen molar-refractivity contribution >= 4 is 40.7 Å². The molecule has 2 unspecified atom stereocenters. The first-order chi connectivity index (χ1) is 19.1. The molecule has 0 saturated heterocycles. The molecule has 0 radical (unpaired) electrons. The van der Waals surface area contributed by atoms with Crippen LogP contribution in [-0.2, 0) is 14.4 Å². The fourth-order valence-corrected chi connectivity index (χ4v) is 4.77. The second-order valence-corrected chi connectivity index (χ2v) is 10.1. The van der Waals surface area contributed by atoms with Gasteiger partial charge in [0.15, 0.2) is 0 Å². The summed E-state index contributed by atoms with van der Waals surface area (Å²) in [5, 5.41) is 5.29. The molecular weight excluding hydrogens is 578 g/mol. The van der Waals surface area contributed by atoms with Crippen molar-refractivity contribution in [1.82, 2.24) is 5.32 Å². The highest BCUT2D eigenvalue weighted by Crippen LogP contribution is 2.32. The van der Waals surface area contributed by atoms with Crippen LogP contribution in [-0.4, -0.2) is 42.0 Å². The monoisotopic (exact) mass is 604 g/mol. The Labute approximate surface area is 236 Å². The smallest absolute Gasteiger partial charge is 0.369 e. The molecule has 0 saturated carbocycles. The second kappa shape index (κ2) is 12.9. The van der Waals surface area contributed by atoms with E-state index in [9.17, 15) is 40.7 Å². The first kappa shape index (κ1) is 31.9. The van der Waals surface area contributed by atoms with E-state index in [1.807, 2.05) is 0 Å². The predicted octanol–water partition coefficient (Wildman–Crippen LogP) is 5.67. The highest BCUT2D eigenvalue weighted by atomic mass is 35.5. The van der Waals surface area contributed by atoms with E-state index in [0.717, 1.165) is 0 Å². The first-order valence-corrected chi connectivity index (χ1v) is 12.9. The van der Waals surface area contributed by atoms with Gasteiger partial charge < -0.3 is 16.4 Å². The largest absolute Gasteiger partial charge is 0.389 e. The number of nitrogens with two attached hydrogens (primary N) is 1. The van der Waals surface area contributed by atoms with Gasteiger partial charge in [-0.05, 0) is 43.9 Å². The number of fused-ring (bicyclic) bond motifs is 1. The normalized spacial score (nSPS) is 17.0. The summed E-state index contributed by atoms with van der Waals surface area (Å²) in [5.41, 5.74) is 7.55. The quantitative estimate of drug-likeness (QED) is 0.304. The zero-order chi connectivity index (χ0) is 30.5. The van der Waals surface area contributed by atoms with Gasteiger partial charge in [-0.25, -0.2) is 4.99 Å². The van der Waals surface area contributed by atoms with E-state index in [1.165, 1.54) is 0 Å². The molecule has 0 aromatic heterocycles. The minimum atomic E-state index is -4.73. The van der Waals surface area contributed by atoms with E-state index in [2.05, 4.69) is 15.6 Å². The molecule has 3 amide bonds. The molecule has 0 fully saturated rings. The van der Waals surface area contributed by atoms with Crippen LogP contribution >= 0.6 is 11.6 Å². The van der Waals surface area contributed by atoms with Gasteiger partial charge in [-0.1, -0.05) is 41.9 Å². The van der Waals surface area contributed by atoms with E-state index in [-0.39, 0.29) is 5.71 Å². The second-order valence-electron chi connectivity index (χ2n) is 9.66. The van der Waals surface area contributed by atoms with Crippen molar-refractivity contribution < 1.29 is 40.7 Å². The Bertz CT molecular complexity index is 1330. The number of benzene rings is 2. The maximum absolute atomic E-state index is 13.4. The van der Waals surface area contributed by atoms with Crippen LogP contribution in [0, 0.1) is 18.8 Å². The van der Waals surface area contributed by atoms with Crippen molar-refractivity contribution in [2.45, 2.75) is 57.5 Å². The minimum absolute atomic E-state index is 0.235. The van der Waals surface area contributed by atoms with E-state index in [4.69, 9.17) is 17.3 Å².